The van der Waals surface area contributed by atoms with Gasteiger partial charge in [-0.3, -0.25) is 0 Å². The molecule has 2 aromatic rings. The summed E-state index contributed by atoms with van der Waals surface area (Å²) in [5, 5.41) is 0. The van der Waals surface area contributed by atoms with Crippen molar-refractivity contribution in [2.45, 2.75) is 6.42 Å². The first-order chi connectivity index (χ1) is 6.36. The van der Waals surface area contributed by atoms with E-state index in [9.17, 15) is 0 Å². The monoisotopic (exact) mass is 172 g/mol. The number of aryl methyl sites for hydroxylation is 1. The van der Waals surface area contributed by atoms with Crippen molar-refractivity contribution < 1.29 is 0 Å². The van der Waals surface area contributed by atoms with Crippen LogP contribution < -0.4 is 0 Å². The molecule has 0 aliphatic carbocycles. The van der Waals surface area contributed by atoms with Crippen LogP contribution in [0.3, 0.4) is 0 Å². The first-order valence-corrected chi connectivity index (χ1v) is 4.35. The van der Waals surface area contributed by atoms with Gasteiger partial charge in [0.15, 0.2) is 0 Å². The van der Waals surface area contributed by atoms with Gasteiger partial charge in [0.25, 0.3) is 0 Å². The fourth-order valence-electron chi connectivity index (χ4n) is 1.36. The van der Waals surface area contributed by atoms with E-state index in [1.807, 2.05) is 30.2 Å². The SMILES string of the molecule is Cn1cncc1Cc1ccccc1. The number of imidazole rings is 1. The molecule has 2 rings (SSSR count). The van der Waals surface area contributed by atoms with Crippen LogP contribution in [0.4, 0.5) is 0 Å². The predicted octanol–water partition coefficient (Wildman–Crippen LogP) is 2.01. The van der Waals surface area contributed by atoms with Crippen LogP contribution in [0.5, 0.6) is 0 Å². The molecule has 0 fully saturated rings. The van der Waals surface area contributed by atoms with Gasteiger partial charge in [-0.25, -0.2) is 4.98 Å². The molecule has 0 atom stereocenters. The van der Waals surface area contributed by atoms with Gasteiger partial charge in [-0.05, 0) is 5.56 Å². The fourth-order valence-corrected chi connectivity index (χ4v) is 1.36. The average molecular weight is 172 g/mol. The van der Waals surface area contributed by atoms with Crippen molar-refractivity contribution in [3.8, 4) is 0 Å². The van der Waals surface area contributed by atoms with Crippen molar-refractivity contribution >= 4 is 0 Å². The van der Waals surface area contributed by atoms with E-state index >= 15 is 0 Å². The quantitative estimate of drug-likeness (QED) is 0.677. The third-order valence-corrected chi connectivity index (χ3v) is 2.14. The van der Waals surface area contributed by atoms with Gasteiger partial charge >= 0.3 is 0 Å². The summed E-state index contributed by atoms with van der Waals surface area (Å²) in [7, 11) is 2.02. The molecule has 0 unspecified atom stereocenters. The lowest BCUT2D eigenvalue weighted by molar-refractivity contribution is 0.845. The largest absolute Gasteiger partial charge is 0.337 e. The maximum atomic E-state index is 4.08. The van der Waals surface area contributed by atoms with Gasteiger partial charge in [-0.15, -0.1) is 0 Å². The van der Waals surface area contributed by atoms with Crippen LogP contribution in [0, 0.1) is 0 Å². The molecule has 1 heterocycles. The van der Waals surface area contributed by atoms with E-state index in [1.165, 1.54) is 11.3 Å². The molecule has 2 heteroatoms. The minimum atomic E-state index is 0.956. The van der Waals surface area contributed by atoms with Crippen LogP contribution >= 0.6 is 0 Å². The van der Waals surface area contributed by atoms with E-state index in [2.05, 4.69) is 29.2 Å². The summed E-state index contributed by atoms with van der Waals surface area (Å²) in [5.41, 5.74) is 2.57. The van der Waals surface area contributed by atoms with Gasteiger partial charge in [0.1, 0.15) is 0 Å². The van der Waals surface area contributed by atoms with Crippen molar-refractivity contribution in [1.82, 2.24) is 9.55 Å². The second-order valence-corrected chi connectivity index (χ2v) is 3.16. The van der Waals surface area contributed by atoms with Gasteiger partial charge < -0.3 is 4.57 Å². The maximum Gasteiger partial charge on any atom is 0.0945 e. The molecule has 66 valence electrons. The molecule has 1 aromatic carbocycles. The molecule has 0 bridgehead atoms. The van der Waals surface area contributed by atoms with Crippen molar-refractivity contribution in [2.75, 3.05) is 0 Å². The molecule has 0 saturated heterocycles. The molecule has 2 nitrogen and oxygen atoms in total. The van der Waals surface area contributed by atoms with Gasteiger partial charge in [0.05, 0.1) is 6.33 Å². The second-order valence-electron chi connectivity index (χ2n) is 3.16. The summed E-state index contributed by atoms with van der Waals surface area (Å²) < 4.78 is 2.05. The Morgan fingerprint density at radius 3 is 2.62 bits per heavy atom. The fraction of sp³-hybridized carbons (Fsp3) is 0.182. The lowest BCUT2D eigenvalue weighted by atomic mass is 10.1. The normalized spacial score (nSPS) is 10.2. The number of hydrogen-bond acceptors (Lipinski definition) is 1. The highest BCUT2D eigenvalue weighted by Crippen LogP contribution is 2.07. The highest BCUT2D eigenvalue weighted by atomic mass is 15.0. The molecule has 1 aromatic heterocycles. The molecule has 13 heavy (non-hydrogen) atoms. The van der Waals surface area contributed by atoms with Gasteiger partial charge in [-0.2, -0.15) is 0 Å². The lowest BCUT2D eigenvalue weighted by Crippen LogP contribution is -1.95. The Balaban J connectivity index is 2.20. The topological polar surface area (TPSA) is 17.8 Å². The van der Waals surface area contributed by atoms with E-state index in [-0.39, 0.29) is 0 Å². The van der Waals surface area contributed by atoms with Crippen LogP contribution in [0.15, 0.2) is 42.9 Å². The predicted molar refractivity (Wildman–Crippen MR) is 52.5 cm³/mol. The number of rotatable bonds is 2. The number of nitrogens with zero attached hydrogens (tertiary/aromatic N) is 2. The molecule has 0 aliphatic rings. The number of hydrogen-bond donors (Lipinski definition) is 0. The smallest absolute Gasteiger partial charge is 0.0945 e. The van der Waals surface area contributed by atoms with Gasteiger partial charge in [0, 0.05) is 25.4 Å². The first kappa shape index (κ1) is 8.05. The van der Waals surface area contributed by atoms with Crippen LogP contribution in [-0.4, -0.2) is 9.55 Å². The Morgan fingerprint density at radius 1 is 1.23 bits per heavy atom. The van der Waals surface area contributed by atoms with Crippen molar-refractivity contribution in [2.24, 2.45) is 7.05 Å². The number of aromatic nitrogens is 2. The zero-order chi connectivity index (χ0) is 9.10. The lowest BCUT2D eigenvalue weighted by Gasteiger charge is -2.01. The summed E-state index contributed by atoms with van der Waals surface area (Å²) in [5.74, 6) is 0. The van der Waals surface area contributed by atoms with Crippen LogP contribution in [-0.2, 0) is 13.5 Å². The van der Waals surface area contributed by atoms with E-state index in [4.69, 9.17) is 0 Å². The van der Waals surface area contributed by atoms with Crippen molar-refractivity contribution in [3.05, 3.63) is 54.1 Å². The summed E-state index contributed by atoms with van der Waals surface area (Å²) in [6.07, 6.45) is 4.70. The minimum absolute atomic E-state index is 0.956. The van der Waals surface area contributed by atoms with E-state index < -0.39 is 0 Å². The van der Waals surface area contributed by atoms with Crippen molar-refractivity contribution in [1.29, 1.82) is 0 Å². The Morgan fingerprint density at radius 2 is 2.00 bits per heavy atom. The highest BCUT2D eigenvalue weighted by Gasteiger charge is 1.98. The molecular formula is C11H12N2. The second kappa shape index (κ2) is 3.44. The summed E-state index contributed by atoms with van der Waals surface area (Å²) in [6.45, 7) is 0. The Kier molecular flexibility index (Phi) is 2.13. The molecule has 0 radical (unpaired) electrons. The zero-order valence-corrected chi connectivity index (χ0v) is 7.64. The maximum absolute atomic E-state index is 4.08. The minimum Gasteiger partial charge on any atom is -0.337 e. The Hall–Kier alpha value is -1.57. The molecule has 0 amide bonds. The van der Waals surface area contributed by atoms with E-state index in [0.717, 1.165) is 6.42 Å². The van der Waals surface area contributed by atoms with E-state index in [1.54, 1.807) is 0 Å². The highest BCUT2D eigenvalue weighted by molar-refractivity contribution is 5.20. The third kappa shape index (κ3) is 1.78. The zero-order valence-electron chi connectivity index (χ0n) is 7.64. The summed E-state index contributed by atoms with van der Waals surface area (Å²) in [6, 6.07) is 10.4. The van der Waals surface area contributed by atoms with Crippen LogP contribution in [0.1, 0.15) is 11.3 Å². The molecule has 0 N–H and O–H groups in total. The standard InChI is InChI=1S/C11H12N2/c1-13-9-12-8-11(13)7-10-5-3-2-4-6-10/h2-6,8-9H,7H2,1H3. The summed E-state index contributed by atoms with van der Waals surface area (Å²) >= 11 is 0. The Bertz CT molecular complexity index is 376. The van der Waals surface area contributed by atoms with Gasteiger partial charge in [-0.1, -0.05) is 30.3 Å². The number of benzene rings is 1. The van der Waals surface area contributed by atoms with E-state index in [0.29, 0.717) is 0 Å². The molecule has 0 spiro atoms. The molecule has 0 aliphatic heterocycles. The summed E-state index contributed by atoms with van der Waals surface area (Å²) in [4.78, 5) is 4.08. The molecule has 0 saturated carbocycles. The molecular weight excluding hydrogens is 160 g/mol. The third-order valence-electron chi connectivity index (χ3n) is 2.14. The van der Waals surface area contributed by atoms with Crippen LogP contribution in [0.2, 0.25) is 0 Å². The van der Waals surface area contributed by atoms with Crippen molar-refractivity contribution in [3.63, 3.8) is 0 Å². The average Bonchev–Trinajstić information content (AvgIpc) is 2.54. The Labute approximate surface area is 77.9 Å². The van der Waals surface area contributed by atoms with Gasteiger partial charge in [0.2, 0.25) is 0 Å². The van der Waals surface area contributed by atoms with Crippen LogP contribution in [0.25, 0.3) is 0 Å². The first-order valence-electron chi connectivity index (χ1n) is 4.35.